The van der Waals surface area contributed by atoms with Crippen molar-refractivity contribution in [2.24, 2.45) is 0 Å². The van der Waals surface area contributed by atoms with Gasteiger partial charge in [0.1, 0.15) is 11.5 Å². The van der Waals surface area contributed by atoms with Crippen LogP contribution in [0.25, 0.3) is 10.9 Å². The summed E-state index contributed by atoms with van der Waals surface area (Å²) in [5.41, 5.74) is 2.70. The van der Waals surface area contributed by atoms with Crippen molar-refractivity contribution in [3.05, 3.63) is 84.6 Å². The first kappa shape index (κ1) is 25.0. The highest BCUT2D eigenvalue weighted by Gasteiger charge is 2.10. The van der Waals surface area contributed by atoms with Crippen molar-refractivity contribution in [3.8, 4) is 11.5 Å². The lowest BCUT2D eigenvalue weighted by Crippen LogP contribution is -2.40. The number of carbonyl (C=O) groups is 1. The molecule has 37 heavy (non-hydrogen) atoms. The first-order chi connectivity index (χ1) is 18.2. The molecule has 1 aromatic heterocycles. The first-order valence-corrected chi connectivity index (χ1v) is 12.8. The fraction of sp³-hybridized carbons (Fsp3) is 0.310. The molecule has 5 rings (SSSR count). The third kappa shape index (κ3) is 7.16. The number of nitrogens with one attached hydrogen (secondary N) is 2. The van der Waals surface area contributed by atoms with Gasteiger partial charge in [-0.3, -0.25) is 14.4 Å². The number of rotatable bonds is 11. The standard InChI is InChI=1S/C29H33N5O3/c35-29(20-23-6-10-27(11-7-23)37-26-4-2-1-3-5-26)32-25-9-8-24-22-31-34(28(24)21-25)15-13-30-12-14-33-16-18-36-19-17-33/h1-11,21-22,30H,12-20H2,(H,32,35). The Balaban J connectivity index is 1.10. The fourth-order valence-corrected chi connectivity index (χ4v) is 4.39. The van der Waals surface area contributed by atoms with Crippen molar-refractivity contribution in [1.29, 1.82) is 0 Å². The Hall–Kier alpha value is -3.72. The van der Waals surface area contributed by atoms with Crippen LogP contribution in [0.1, 0.15) is 5.56 Å². The lowest BCUT2D eigenvalue weighted by molar-refractivity contribution is -0.115. The highest BCUT2D eigenvalue weighted by molar-refractivity contribution is 5.94. The second-order valence-electron chi connectivity index (χ2n) is 9.13. The van der Waals surface area contributed by atoms with Gasteiger partial charge >= 0.3 is 0 Å². The van der Waals surface area contributed by atoms with Crippen LogP contribution in [0.3, 0.4) is 0 Å². The number of nitrogens with zero attached hydrogens (tertiary/aromatic N) is 3. The summed E-state index contributed by atoms with van der Waals surface area (Å²) in [6.07, 6.45) is 2.16. The number of hydrogen-bond acceptors (Lipinski definition) is 6. The smallest absolute Gasteiger partial charge is 0.228 e. The molecule has 8 nitrogen and oxygen atoms in total. The Morgan fingerprint density at radius 3 is 2.49 bits per heavy atom. The van der Waals surface area contributed by atoms with Crippen LogP contribution >= 0.6 is 0 Å². The molecule has 1 amide bonds. The highest BCUT2D eigenvalue weighted by Crippen LogP contribution is 2.22. The van der Waals surface area contributed by atoms with Crippen molar-refractivity contribution < 1.29 is 14.3 Å². The number of amides is 1. The van der Waals surface area contributed by atoms with Crippen LogP contribution in [-0.2, 0) is 22.5 Å². The molecule has 1 fully saturated rings. The summed E-state index contributed by atoms with van der Waals surface area (Å²) in [6, 6.07) is 23.2. The largest absolute Gasteiger partial charge is 0.457 e. The van der Waals surface area contributed by atoms with Gasteiger partial charge < -0.3 is 20.1 Å². The SMILES string of the molecule is O=C(Cc1ccc(Oc2ccccc2)cc1)Nc1ccc2cnn(CCNCCN3CCOCC3)c2c1. The molecule has 4 aromatic rings. The van der Waals surface area contributed by atoms with E-state index < -0.39 is 0 Å². The molecule has 1 saturated heterocycles. The summed E-state index contributed by atoms with van der Waals surface area (Å²) in [5.74, 6) is 1.46. The Labute approximate surface area is 217 Å². The van der Waals surface area contributed by atoms with Crippen LogP contribution in [0, 0.1) is 0 Å². The lowest BCUT2D eigenvalue weighted by atomic mass is 10.1. The Kier molecular flexibility index (Phi) is 8.43. The Morgan fingerprint density at radius 1 is 0.919 bits per heavy atom. The number of fused-ring (bicyclic) bond motifs is 1. The molecule has 0 unspecified atom stereocenters. The third-order valence-corrected chi connectivity index (χ3v) is 6.40. The number of anilines is 1. The molecule has 3 aromatic carbocycles. The molecular formula is C29H33N5O3. The number of benzene rings is 3. The molecule has 0 aliphatic carbocycles. The van der Waals surface area contributed by atoms with Gasteiger partial charge in [0.15, 0.2) is 0 Å². The van der Waals surface area contributed by atoms with E-state index in [4.69, 9.17) is 9.47 Å². The zero-order chi connectivity index (χ0) is 25.3. The minimum Gasteiger partial charge on any atom is -0.457 e. The third-order valence-electron chi connectivity index (χ3n) is 6.40. The normalized spacial score (nSPS) is 14.1. The van der Waals surface area contributed by atoms with Crippen molar-refractivity contribution in [1.82, 2.24) is 20.0 Å². The van der Waals surface area contributed by atoms with Crippen LogP contribution in [0.15, 0.2) is 79.0 Å². The average molecular weight is 500 g/mol. The fourth-order valence-electron chi connectivity index (χ4n) is 4.39. The number of ether oxygens (including phenoxy) is 2. The topological polar surface area (TPSA) is 80.6 Å². The highest BCUT2D eigenvalue weighted by atomic mass is 16.5. The van der Waals surface area contributed by atoms with Crippen LogP contribution in [0.2, 0.25) is 0 Å². The van der Waals surface area contributed by atoms with Gasteiger partial charge in [0.25, 0.3) is 0 Å². The molecule has 0 atom stereocenters. The average Bonchev–Trinajstić information content (AvgIpc) is 3.33. The van der Waals surface area contributed by atoms with Crippen molar-refractivity contribution in [2.75, 3.05) is 51.3 Å². The van der Waals surface area contributed by atoms with Gasteiger partial charge in [0, 0.05) is 43.8 Å². The maximum atomic E-state index is 12.7. The summed E-state index contributed by atoms with van der Waals surface area (Å²) in [4.78, 5) is 15.1. The van der Waals surface area contributed by atoms with Crippen LogP contribution in [0.5, 0.6) is 11.5 Å². The van der Waals surface area contributed by atoms with E-state index in [1.54, 1.807) is 0 Å². The predicted octanol–water partition coefficient (Wildman–Crippen LogP) is 3.93. The van der Waals surface area contributed by atoms with Gasteiger partial charge in [0.2, 0.25) is 5.91 Å². The molecule has 1 aliphatic rings. The molecule has 2 heterocycles. The maximum absolute atomic E-state index is 12.7. The van der Waals surface area contributed by atoms with Crippen molar-refractivity contribution in [3.63, 3.8) is 0 Å². The predicted molar refractivity (Wildman–Crippen MR) is 145 cm³/mol. The number of hydrogen-bond donors (Lipinski definition) is 2. The quantitative estimate of drug-likeness (QED) is 0.305. The van der Waals surface area contributed by atoms with Crippen molar-refractivity contribution >= 4 is 22.5 Å². The van der Waals surface area contributed by atoms with Gasteiger partial charge in [-0.1, -0.05) is 30.3 Å². The molecule has 2 N–H and O–H groups in total. The van der Waals surface area contributed by atoms with E-state index in [0.29, 0.717) is 0 Å². The van der Waals surface area contributed by atoms with Crippen LogP contribution in [-0.4, -0.2) is 66.5 Å². The van der Waals surface area contributed by atoms with E-state index >= 15 is 0 Å². The molecule has 0 bridgehead atoms. The second-order valence-corrected chi connectivity index (χ2v) is 9.13. The van der Waals surface area contributed by atoms with E-state index in [-0.39, 0.29) is 12.3 Å². The monoisotopic (exact) mass is 499 g/mol. The van der Waals surface area contributed by atoms with E-state index in [0.717, 1.165) is 86.1 Å². The van der Waals surface area contributed by atoms with Crippen LogP contribution < -0.4 is 15.4 Å². The molecular weight excluding hydrogens is 466 g/mol. The summed E-state index contributed by atoms with van der Waals surface area (Å²) in [7, 11) is 0. The number of para-hydroxylation sites is 1. The van der Waals surface area contributed by atoms with Gasteiger partial charge in [0.05, 0.1) is 37.9 Å². The lowest BCUT2D eigenvalue weighted by Gasteiger charge is -2.26. The molecule has 0 saturated carbocycles. The minimum absolute atomic E-state index is 0.0630. The van der Waals surface area contributed by atoms with E-state index in [1.165, 1.54) is 0 Å². The summed E-state index contributed by atoms with van der Waals surface area (Å²) >= 11 is 0. The maximum Gasteiger partial charge on any atom is 0.228 e. The molecule has 0 radical (unpaired) electrons. The van der Waals surface area contributed by atoms with Gasteiger partial charge in [-0.25, -0.2) is 0 Å². The van der Waals surface area contributed by atoms with E-state index in [2.05, 4.69) is 20.6 Å². The van der Waals surface area contributed by atoms with Crippen LogP contribution in [0.4, 0.5) is 5.69 Å². The first-order valence-electron chi connectivity index (χ1n) is 12.8. The van der Waals surface area contributed by atoms with E-state index in [1.807, 2.05) is 83.7 Å². The molecule has 0 spiro atoms. The van der Waals surface area contributed by atoms with Gasteiger partial charge in [-0.05, 0) is 48.0 Å². The number of morpholine rings is 1. The summed E-state index contributed by atoms with van der Waals surface area (Å²) in [5, 5.41) is 12.1. The molecule has 192 valence electrons. The number of carbonyl (C=O) groups excluding carboxylic acids is 1. The molecule has 8 heteroatoms. The van der Waals surface area contributed by atoms with Gasteiger partial charge in [-0.2, -0.15) is 5.10 Å². The summed E-state index contributed by atoms with van der Waals surface area (Å²) in [6.45, 7) is 7.25. The number of aromatic nitrogens is 2. The van der Waals surface area contributed by atoms with Crippen molar-refractivity contribution in [2.45, 2.75) is 13.0 Å². The minimum atomic E-state index is -0.0630. The zero-order valence-electron chi connectivity index (χ0n) is 20.9. The summed E-state index contributed by atoms with van der Waals surface area (Å²) < 4.78 is 13.2. The molecule has 1 aliphatic heterocycles. The van der Waals surface area contributed by atoms with E-state index in [9.17, 15) is 4.79 Å². The van der Waals surface area contributed by atoms with Gasteiger partial charge in [-0.15, -0.1) is 0 Å². The Bertz CT molecular complexity index is 1280. The zero-order valence-corrected chi connectivity index (χ0v) is 20.9. The Morgan fingerprint density at radius 2 is 1.68 bits per heavy atom. The second kappa shape index (κ2) is 12.5.